The molecule has 0 bridgehead atoms. The minimum absolute atomic E-state index is 0.0313. The Morgan fingerprint density at radius 3 is 2.22 bits per heavy atom. The lowest BCUT2D eigenvalue weighted by molar-refractivity contribution is -0.131. The Morgan fingerprint density at radius 1 is 1.00 bits per heavy atom. The maximum absolute atomic E-state index is 13.4. The number of rotatable bonds is 9. The van der Waals surface area contributed by atoms with Crippen LogP contribution in [0.5, 0.6) is 0 Å². The monoisotopic (exact) mass is 568 g/mol. The number of sulfonamides is 1. The van der Waals surface area contributed by atoms with E-state index in [1.165, 1.54) is 28.8 Å². The van der Waals surface area contributed by atoms with Gasteiger partial charge in [-0.3, -0.25) is 14.5 Å². The lowest BCUT2D eigenvalue weighted by atomic mass is 10.0. The maximum atomic E-state index is 13.4. The van der Waals surface area contributed by atoms with E-state index < -0.39 is 27.9 Å². The Labute approximate surface area is 230 Å². The van der Waals surface area contributed by atoms with Gasteiger partial charge < -0.3 is 0 Å². The number of nitrogens with zero attached hydrogens (tertiary/aromatic N) is 1. The molecule has 0 aromatic heterocycles. The summed E-state index contributed by atoms with van der Waals surface area (Å²) in [7, 11) is -4.09. The van der Waals surface area contributed by atoms with Crippen molar-refractivity contribution in [2.24, 2.45) is 0 Å². The van der Waals surface area contributed by atoms with Crippen molar-refractivity contribution in [2.75, 3.05) is 12.0 Å². The quantitative estimate of drug-likeness (QED) is 0.281. The van der Waals surface area contributed by atoms with Crippen molar-refractivity contribution in [1.29, 1.82) is 0 Å². The summed E-state index contributed by atoms with van der Waals surface area (Å²) >= 11 is 8.06. The minimum atomic E-state index is -4.09. The van der Waals surface area contributed by atoms with Crippen molar-refractivity contribution in [2.45, 2.75) is 17.4 Å². The number of carbonyl (C=O) groups excluding carboxylic acids is 2. The SMILES string of the molecule is CSCC[C@@H](C(=O)NS(=O)(=O)c1ccccc1)N1C(=O)/C(=C/c2ccc(-c3ccccc3)cc2)SC1=S. The summed E-state index contributed by atoms with van der Waals surface area (Å²) in [6.45, 7) is 0. The molecule has 2 amide bonds. The Balaban J connectivity index is 1.55. The summed E-state index contributed by atoms with van der Waals surface area (Å²) < 4.78 is 27.8. The van der Waals surface area contributed by atoms with Gasteiger partial charge in [0.15, 0.2) is 0 Å². The van der Waals surface area contributed by atoms with Crippen molar-refractivity contribution in [3.63, 3.8) is 0 Å². The number of benzene rings is 3. The molecule has 0 radical (unpaired) electrons. The van der Waals surface area contributed by atoms with E-state index in [1.807, 2.05) is 60.9 Å². The Hall–Kier alpha value is -2.92. The van der Waals surface area contributed by atoms with Gasteiger partial charge in [0, 0.05) is 0 Å². The summed E-state index contributed by atoms with van der Waals surface area (Å²) in [5.41, 5.74) is 2.96. The minimum Gasteiger partial charge on any atom is -0.280 e. The van der Waals surface area contributed by atoms with Crippen LogP contribution in [-0.4, -0.2) is 47.5 Å². The van der Waals surface area contributed by atoms with Gasteiger partial charge in [-0.15, -0.1) is 0 Å². The average molecular weight is 569 g/mol. The molecule has 1 fully saturated rings. The smallest absolute Gasteiger partial charge is 0.266 e. The van der Waals surface area contributed by atoms with Crippen molar-refractivity contribution < 1.29 is 18.0 Å². The predicted molar refractivity (Wildman–Crippen MR) is 155 cm³/mol. The molecule has 3 aromatic rings. The van der Waals surface area contributed by atoms with E-state index in [-0.39, 0.29) is 15.6 Å². The van der Waals surface area contributed by atoms with Crippen LogP contribution in [0.1, 0.15) is 12.0 Å². The molecule has 37 heavy (non-hydrogen) atoms. The standard InChI is InChI=1S/C27H24N2O4S4/c1-35-17-16-23(25(30)28-37(32,33)22-10-6-3-7-11-22)29-26(31)24(36-27(29)34)18-19-12-14-21(15-13-19)20-8-4-2-5-9-20/h2-15,18,23H,16-17H2,1H3,(H,28,30)/b24-18-/t23-/m0/s1. The number of carbonyl (C=O) groups is 2. The fourth-order valence-electron chi connectivity index (χ4n) is 3.77. The molecule has 1 aliphatic rings. The van der Waals surface area contributed by atoms with E-state index in [4.69, 9.17) is 12.2 Å². The van der Waals surface area contributed by atoms with Gasteiger partial charge in [-0.2, -0.15) is 11.8 Å². The van der Waals surface area contributed by atoms with Crippen LogP contribution < -0.4 is 4.72 Å². The molecule has 4 rings (SSSR count). The first kappa shape index (κ1) is 27.1. The zero-order valence-corrected chi connectivity index (χ0v) is 23.1. The van der Waals surface area contributed by atoms with Crippen molar-refractivity contribution in [3.8, 4) is 11.1 Å². The van der Waals surface area contributed by atoms with Crippen LogP contribution in [0.3, 0.4) is 0 Å². The second kappa shape index (κ2) is 12.1. The third kappa shape index (κ3) is 6.51. The molecular weight excluding hydrogens is 545 g/mol. The maximum Gasteiger partial charge on any atom is 0.266 e. The molecule has 1 saturated heterocycles. The molecule has 1 N–H and O–H groups in total. The van der Waals surface area contributed by atoms with Gasteiger partial charge in [0.25, 0.3) is 21.8 Å². The summed E-state index contributed by atoms with van der Waals surface area (Å²) in [4.78, 5) is 28.1. The first-order valence-corrected chi connectivity index (χ1v) is 15.4. The molecule has 0 spiro atoms. The van der Waals surface area contributed by atoms with E-state index in [1.54, 1.807) is 24.3 Å². The van der Waals surface area contributed by atoms with Crippen LogP contribution in [0.15, 0.2) is 94.7 Å². The molecule has 10 heteroatoms. The van der Waals surface area contributed by atoms with E-state index in [0.717, 1.165) is 28.5 Å². The molecule has 0 saturated carbocycles. The Bertz CT molecular complexity index is 1420. The first-order valence-electron chi connectivity index (χ1n) is 11.3. The molecule has 190 valence electrons. The van der Waals surface area contributed by atoms with Crippen LogP contribution in [-0.2, 0) is 19.6 Å². The fourth-order valence-corrected chi connectivity index (χ4v) is 6.62. The van der Waals surface area contributed by atoms with Gasteiger partial charge >= 0.3 is 0 Å². The highest BCUT2D eigenvalue weighted by Crippen LogP contribution is 2.35. The van der Waals surface area contributed by atoms with Gasteiger partial charge in [-0.1, -0.05) is 96.8 Å². The third-order valence-electron chi connectivity index (χ3n) is 5.64. The molecule has 0 aliphatic carbocycles. The fraction of sp³-hybridized carbons (Fsp3) is 0.148. The van der Waals surface area contributed by atoms with Crippen molar-refractivity contribution >= 4 is 68.0 Å². The van der Waals surface area contributed by atoms with Crippen molar-refractivity contribution in [3.05, 3.63) is 95.4 Å². The molecule has 1 heterocycles. The highest BCUT2D eigenvalue weighted by Gasteiger charge is 2.41. The number of amides is 2. The average Bonchev–Trinajstić information content (AvgIpc) is 3.18. The summed E-state index contributed by atoms with van der Waals surface area (Å²) in [5, 5.41) is 0. The predicted octanol–water partition coefficient (Wildman–Crippen LogP) is 5.18. The summed E-state index contributed by atoms with van der Waals surface area (Å²) in [6, 6.07) is 24.3. The van der Waals surface area contributed by atoms with Crippen LogP contribution in [0.2, 0.25) is 0 Å². The number of thioether (sulfide) groups is 2. The van der Waals surface area contributed by atoms with Gasteiger partial charge in [0.2, 0.25) is 0 Å². The van der Waals surface area contributed by atoms with Gasteiger partial charge in [-0.05, 0) is 53.3 Å². The Kier molecular flexibility index (Phi) is 8.86. The lowest BCUT2D eigenvalue weighted by Crippen LogP contribution is -2.50. The number of hydrogen-bond donors (Lipinski definition) is 1. The van der Waals surface area contributed by atoms with E-state index >= 15 is 0 Å². The summed E-state index contributed by atoms with van der Waals surface area (Å²) in [5.74, 6) is -0.663. The normalized spacial score (nSPS) is 15.7. The Morgan fingerprint density at radius 2 is 1.59 bits per heavy atom. The van der Waals surface area contributed by atoms with Crippen LogP contribution >= 0.6 is 35.7 Å². The molecular formula is C27H24N2O4S4. The van der Waals surface area contributed by atoms with Crippen molar-refractivity contribution in [1.82, 2.24) is 9.62 Å². The van der Waals surface area contributed by atoms with E-state index in [0.29, 0.717) is 10.7 Å². The van der Waals surface area contributed by atoms with Gasteiger partial charge in [0.1, 0.15) is 10.4 Å². The number of thiocarbonyl (C=S) groups is 1. The largest absolute Gasteiger partial charge is 0.280 e. The molecule has 6 nitrogen and oxygen atoms in total. The number of nitrogens with one attached hydrogen (secondary N) is 1. The van der Waals surface area contributed by atoms with Crippen LogP contribution in [0, 0.1) is 0 Å². The molecule has 1 aliphatic heterocycles. The number of hydrogen-bond acceptors (Lipinski definition) is 7. The molecule has 3 aromatic carbocycles. The lowest BCUT2D eigenvalue weighted by Gasteiger charge is -2.25. The van der Waals surface area contributed by atoms with E-state index in [2.05, 4.69) is 4.72 Å². The summed E-state index contributed by atoms with van der Waals surface area (Å²) in [6.07, 6.45) is 3.86. The zero-order chi connectivity index (χ0) is 26.4. The van der Waals surface area contributed by atoms with Gasteiger partial charge in [-0.25, -0.2) is 13.1 Å². The second-order valence-corrected chi connectivity index (χ2v) is 12.5. The first-order chi connectivity index (χ1) is 17.8. The molecule has 0 unspecified atom stereocenters. The highest BCUT2D eigenvalue weighted by molar-refractivity contribution is 8.26. The molecule has 1 atom stereocenters. The zero-order valence-electron chi connectivity index (χ0n) is 19.9. The van der Waals surface area contributed by atoms with Crippen LogP contribution in [0.4, 0.5) is 0 Å². The van der Waals surface area contributed by atoms with Gasteiger partial charge in [0.05, 0.1) is 9.80 Å². The second-order valence-electron chi connectivity index (χ2n) is 8.12. The highest BCUT2D eigenvalue weighted by atomic mass is 32.2. The van der Waals surface area contributed by atoms with E-state index in [9.17, 15) is 18.0 Å². The third-order valence-corrected chi connectivity index (χ3v) is 8.97. The van der Waals surface area contributed by atoms with Crippen LogP contribution in [0.25, 0.3) is 17.2 Å². The topological polar surface area (TPSA) is 83.6 Å².